The molecule has 0 spiro atoms. The van der Waals surface area contributed by atoms with Gasteiger partial charge in [0.15, 0.2) is 9.84 Å². The molecule has 0 aromatic heterocycles. The van der Waals surface area contributed by atoms with Gasteiger partial charge in [0.1, 0.15) is 0 Å². The minimum Gasteiger partial charge on any atom is -0.396 e. The molecule has 1 fully saturated rings. The second-order valence-electron chi connectivity index (χ2n) is 6.28. The molecular weight excluding hydrogens is 329 g/mol. The van der Waals surface area contributed by atoms with E-state index < -0.39 is 26.8 Å². The zero-order valence-corrected chi connectivity index (χ0v) is 13.8. The van der Waals surface area contributed by atoms with Crippen LogP contribution >= 0.6 is 0 Å². The van der Waals surface area contributed by atoms with Crippen LogP contribution < -0.4 is 0 Å². The van der Waals surface area contributed by atoms with Gasteiger partial charge in [-0.15, -0.1) is 0 Å². The second kappa shape index (κ2) is 6.43. The van der Waals surface area contributed by atoms with Crippen LogP contribution in [0.5, 0.6) is 0 Å². The van der Waals surface area contributed by atoms with E-state index in [1.807, 2.05) is 6.92 Å². The second-order valence-corrected chi connectivity index (χ2v) is 8.51. The zero-order chi connectivity index (χ0) is 17.3. The minimum atomic E-state index is -4.56. The van der Waals surface area contributed by atoms with Crippen molar-refractivity contribution in [2.45, 2.75) is 55.3 Å². The third-order valence-corrected chi connectivity index (χ3v) is 7.27. The number of rotatable bonds is 4. The fourth-order valence-electron chi connectivity index (χ4n) is 3.18. The lowest BCUT2D eigenvalue weighted by atomic mass is 9.73. The predicted octanol–water partition coefficient (Wildman–Crippen LogP) is 3.81. The summed E-state index contributed by atoms with van der Waals surface area (Å²) < 4.78 is 63.6. The number of hydrogen-bond donors (Lipinski definition) is 1. The summed E-state index contributed by atoms with van der Waals surface area (Å²) in [7, 11) is -3.79. The van der Waals surface area contributed by atoms with Crippen LogP contribution in [0.3, 0.4) is 0 Å². The van der Waals surface area contributed by atoms with Gasteiger partial charge in [-0.2, -0.15) is 13.2 Å². The van der Waals surface area contributed by atoms with E-state index in [2.05, 4.69) is 0 Å². The molecule has 0 bridgehead atoms. The van der Waals surface area contributed by atoms with Crippen LogP contribution in [0.15, 0.2) is 29.2 Å². The molecular formula is C16H21F3O3S. The van der Waals surface area contributed by atoms with Gasteiger partial charge in [0.05, 0.1) is 15.7 Å². The smallest absolute Gasteiger partial charge is 0.396 e. The molecule has 0 radical (unpaired) electrons. The first-order valence-electron chi connectivity index (χ1n) is 7.67. The Morgan fingerprint density at radius 3 is 2.35 bits per heavy atom. The summed E-state index contributed by atoms with van der Waals surface area (Å²) in [6.45, 7) is 1.97. The third-order valence-electron chi connectivity index (χ3n) is 5.01. The summed E-state index contributed by atoms with van der Waals surface area (Å²) in [5.74, 6) is 0. The standard InChI is InChI=1S/C16H21F3O3S/c1-2-15(11-20)8-6-13(7-9-15)23(21,22)14-5-3-4-12(10-14)16(17,18)19/h3-5,10,13,20H,2,6-9,11H2,1H3. The van der Waals surface area contributed by atoms with Crippen LogP contribution in [-0.4, -0.2) is 25.4 Å². The van der Waals surface area contributed by atoms with Crippen LogP contribution in [0.4, 0.5) is 13.2 Å². The normalized spacial score (nSPS) is 26.2. The molecule has 130 valence electrons. The van der Waals surface area contributed by atoms with E-state index in [0.717, 1.165) is 18.6 Å². The monoisotopic (exact) mass is 350 g/mol. The molecule has 1 N–H and O–H groups in total. The number of hydrogen-bond acceptors (Lipinski definition) is 3. The van der Waals surface area contributed by atoms with E-state index in [1.54, 1.807) is 0 Å². The topological polar surface area (TPSA) is 54.4 Å². The van der Waals surface area contributed by atoms with E-state index in [1.165, 1.54) is 6.07 Å². The fraction of sp³-hybridized carbons (Fsp3) is 0.625. The highest BCUT2D eigenvalue weighted by atomic mass is 32.2. The van der Waals surface area contributed by atoms with Gasteiger partial charge in [-0.1, -0.05) is 13.0 Å². The van der Waals surface area contributed by atoms with Gasteiger partial charge in [-0.25, -0.2) is 8.42 Å². The summed E-state index contributed by atoms with van der Waals surface area (Å²) in [6.07, 6.45) is -1.92. The molecule has 1 aromatic rings. The third kappa shape index (κ3) is 3.71. The van der Waals surface area contributed by atoms with E-state index in [4.69, 9.17) is 0 Å². The van der Waals surface area contributed by atoms with Crippen molar-refractivity contribution in [1.29, 1.82) is 0 Å². The Bertz CT molecular complexity index is 639. The maximum absolute atomic E-state index is 12.8. The number of halogens is 3. The van der Waals surface area contributed by atoms with E-state index >= 15 is 0 Å². The molecule has 1 saturated carbocycles. The molecule has 0 unspecified atom stereocenters. The van der Waals surface area contributed by atoms with Gasteiger partial charge in [0.25, 0.3) is 0 Å². The highest BCUT2D eigenvalue weighted by Crippen LogP contribution is 2.42. The quantitative estimate of drug-likeness (QED) is 0.898. The molecule has 0 atom stereocenters. The van der Waals surface area contributed by atoms with Crippen LogP contribution in [-0.2, 0) is 16.0 Å². The molecule has 0 heterocycles. The van der Waals surface area contributed by atoms with Crippen molar-refractivity contribution < 1.29 is 26.7 Å². The van der Waals surface area contributed by atoms with Crippen LogP contribution in [0.1, 0.15) is 44.6 Å². The van der Waals surface area contributed by atoms with Gasteiger partial charge < -0.3 is 5.11 Å². The van der Waals surface area contributed by atoms with E-state index in [9.17, 15) is 26.7 Å². The van der Waals surface area contributed by atoms with Gasteiger partial charge in [-0.3, -0.25) is 0 Å². The highest BCUT2D eigenvalue weighted by molar-refractivity contribution is 7.92. The lowest BCUT2D eigenvalue weighted by Gasteiger charge is -2.38. The summed E-state index contributed by atoms with van der Waals surface area (Å²) >= 11 is 0. The first-order chi connectivity index (χ1) is 10.6. The number of alkyl halides is 3. The number of aliphatic hydroxyl groups is 1. The summed E-state index contributed by atoms with van der Waals surface area (Å²) in [4.78, 5) is -0.273. The summed E-state index contributed by atoms with van der Waals surface area (Å²) in [5, 5.41) is 8.82. The van der Waals surface area contributed by atoms with Crippen molar-refractivity contribution in [3.8, 4) is 0 Å². The van der Waals surface area contributed by atoms with Crippen molar-refractivity contribution in [1.82, 2.24) is 0 Å². The average molecular weight is 350 g/mol. The first-order valence-corrected chi connectivity index (χ1v) is 9.21. The largest absolute Gasteiger partial charge is 0.416 e. The highest BCUT2D eigenvalue weighted by Gasteiger charge is 2.39. The lowest BCUT2D eigenvalue weighted by molar-refractivity contribution is -0.137. The SMILES string of the molecule is CCC1(CO)CCC(S(=O)(=O)c2cccc(C(F)(F)F)c2)CC1. The zero-order valence-electron chi connectivity index (χ0n) is 12.9. The molecule has 0 amide bonds. The maximum atomic E-state index is 12.8. The number of sulfone groups is 1. The van der Waals surface area contributed by atoms with Gasteiger partial charge in [0, 0.05) is 6.61 Å². The molecule has 2 rings (SSSR count). The molecule has 1 aliphatic carbocycles. The Morgan fingerprint density at radius 2 is 1.87 bits per heavy atom. The van der Waals surface area contributed by atoms with Crippen LogP contribution in [0, 0.1) is 5.41 Å². The Kier molecular flexibility index (Phi) is 5.11. The fourth-order valence-corrected chi connectivity index (χ4v) is 4.98. The Balaban J connectivity index is 2.24. The van der Waals surface area contributed by atoms with E-state index in [-0.39, 0.29) is 16.9 Å². The molecule has 1 aromatic carbocycles. The molecule has 23 heavy (non-hydrogen) atoms. The molecule has 0 saturated heterocycles. The Hall–Kier alpha value is -1.08. The molecule has 3 nitrogen and oxygen atoms in total. The van der Waals surface area contributed by atoms with Gasteiger partial charge in [0.2, 0.25) is 0 Å². The van der Waals surface area contributed by atoms with Gasteiger partial charge in [-0.05, 0) is 55.7 Å². The number of benzene rings is 1. The first kappa shape index (κ1) is 18.3. The molecule has 7 heteroatoms. The van der Waals surface area contributed by atoms with Gasteiger partial charge >= 0.3 is 6.18 Å². The van der Waals surface area contributed by atoms with Crippen molar-refractivity contribution in [3.63, 3.8) is 0 Å². The van der Waals surface area contributed by atoms with Crippen molar-refractivity contribution >= 4 is 9.84 Å². The lowest BCUT2D eigenvalue weighted by Crippen LogP contribution is -2.35. The van der Waals surface area contributed by atoms with Crippen molar-refractivity contribution in [3.05, 3.63) is 29.8 Å². The van der Waals surface area contributed by atoms with Crippen molar-refractivity contribution in [2.75, 3.05) is 6.61 Å². The van der Waals surface area contributed by atoms with Crippen LogP contribution in [0.2, 0.25) is 0 Å². The molecule has 1 aliphatic rings. The van der Waals surface area contributed by atoms with Crippen molar-refractivity contribution in [2.24, 2.45) is 5.41 Å². The molecule has 0 aliphatic heterocycles. The van der Waals surface area contributed by atoms with Crippen LogP contribution in [0.25, 0.3) is 0 Å². The van der Waals surface area contributed by atoms with E-state index in [0.29, 0.717) is 31.7 Å². The number of aliphatic hydroxyl groups excluding tert-OH is 1. The Morgan fingerprint density at radius 1 is 1.26 bits per heavy atom. The average Bonchev–Trinajstić information content (AvgIpc) is 2.54. The predicted molar refractivity (Wildman–Crippen MR) is 80.7 cm³/mol. The summed E-state index contributed by atoms with van der Waals surface area (Å²) in [6, 6.07) is 3.93. The Labute approximate surface area is 134 Å². The minimum absolute atomic E-state index is 0.0137. The maximum Gasteiger partial charge on any atom is 0.416 e. The summed E-state index contributed by atoms with van der Waals surface area (Å²) in [5.41, 5.74) is -1.20.